The maximum Gasteiger partial charge on any atom is 0.223 e. The summed E-state index contributed by atoms with van der Waals surface area (Å²) in [6, 6.07) is 7.75. The van der Waals surface area contributed by atoms with Gasteiger partial charge in [-0.25, -0.2) is 9.97 Å². The van der Waals surface area contributed by atoms with Gasteiger partial charge in [-0.2, -0.15) is 0 Å². The smallest absolute Gasteiger partial charge is 0.223 e. The third kappa shape index (κ3) is 2.89. The lowest BCUT2D eigenvalue weighted by molar-refractivity contribution is -0.125. The van der Waals surface area contributed by atoms with Gasteiger partial charge in [0.2, 0.25) is 5.91 Å². The number of nitrogens with two attached hydrogens (primary N) is 1. The quantitative estimate of drug-likeness (QED) is 0.890. The summed E-state index contributed by atoms with van der Waals surface area (Å²) >= 11 is 0. The summed E-state index contributed by atoms with van der Waals surface area (Å²) in [5, 5.41) is 3.01. The Kier molecular flexibility index (Phi) is 3.98. The third-order valence-corrected chi connectivity index (χ3v) is 5.30. The number of hydrogen-bond donors (Lipinski definition) is 2. The number of carbonyl (C=O) groups excluding carboxylic acids is 1. The summed E-state index contributed by atoms with van der Waals surface area (Å²) in [5.41, 5.74) is 7.53. The SMILES string of the molecule is NC1CC2CC(C(=O)NCc3ccnc(-c4ccccn4)n3)CC12. The molecule has 2 aliphatic carbocycles. The Morgan fingerprint density at radius 3 is 2.83 bits per heavy atom. The molecule has 2 fully saturated rings. The van der Waals surface area contributed by atoms with Crippen LogP contribution in [0.15, 0.2) is 36.7 Å². The molecule has 2 saturated carbocycles. The number of fused-ring (bicyclic) bond motifs is 1. The Hall–Kier alpha value is -2.34. The lowest BCUT2D eigenvalue weighted by Crippen LogP contribution is -2.44. The van der Waals surface area contributed by atoms with E-state index in [0.717, 1.165) is 30.7 Å². The molecule has 6 heteroatoms. The fraction of sp³-hybridized carbons (Fsp3) is 0.444. The van der Waals surface area contributed by atoms with E-state index < -0.39 is 0 Å². The molecule has 2 aromatic heterocycles. The molecule has 0 aromatic carbocycles. The van der Waals surface area contributed by atoms with E-state index in [1.54, 1.807) is 12.4 Å². The summed E-state index contributed by atoms with van der Waals surface area (Å²) in [4.78, 5) is 25.4. The summed E-state index contributed by atoms with van der Waals surface area (Å²) in [5.74, 6) is 2.01. The molecule has 0 radical (unpaired) electrons. The van der Waals surface area contributed by atoms with Crippen LogP contribution in [0.4, 0.5) is 0 Å². The summed E-state index contributed by atoms with van der Waals surface area (Å²) in [6.45, 7) is 0.416. The van der Waals surface area contributed by atoms with Crippen molar-refractivity contribution in [2.24, 2.45) is 23.5 Å². The van der Waals surface area contributed by atoms with Crippen molar-refractivity contribution >= 4 is 5.91 Å². The molecule has 0 spiro atoms. The van der Waals surface area contributed by atoms with E-state index in [1.807, 2.05) is 24.3 Å². The van der Waals surface area contributed by atoms with E-state index in [4.69, 9.17) is 5.73 Å². The van der Waals surface area contributed by atoms with Crippen LogP contribution in [0.1, 0.15) is 25.0 Å². The Labute approximate surface area is 140 Å². The number of hydrogen-bond acceptors (Lipinski definition) is 5. The van der Waals surface area contributed by atoms with Crippen molar-refractivity contribution in [3.63, 3.8) is 0 Å². The van der Waals surface area contributed by atoms with Crippen LogP contribution in [0.25, 0.3) is 11.5 Å². The van der Waals surface area contributed by atoms with E-state index in [-0.39, 0.29) is 11.8 Å². The number of pyridine rings is 1. The van der Waals surface area contributed by atoms with Crippen LogP contribution in [0.2, 0.25) is 0 Å². The summed E-state index contributed by atoms with van der Waals surface area (Å²) in [7, 11) is 0. The van der Waals surface area contributed by atoms with E-state index in [9.17, 15) is 4.79 Å². The van der Waals surface area contributed by atoms with Crippen LogP contribution in [0.3, 0.4) is 0 Å². The van der Waals surface area contributed by atoms with E-state index in [2.05, 4.69) is 20.3 Å². The van der Waals surface area contributed by atoms with Crippen molar-refractivity contribution in [1.29, 1.82) is 0 Å². The lowest BCUT2D eigenvalue weighted by atomic mass is 9.72. The van der Waals surface area contributed by atoms with Crippen LogP contribution < -0.4 is 11.1 Å². The molecule has 4 unspecified atom stereocenters. The van der Waals surface area contributed by atoms with Gasteiger partial charge >= 0.3 is 0 Å². The van der Waals surface area contributed by atoms with Crippen LogP contribution in [-0.2, 0) is 11.3 Å². The number of amides is 1. The van der Waals surface area contributed by atoms with Gasteiger partial charge in [0.15, 0.2) is 5.82 Å². The molecular formula is C18H21N5O. The van der Waals surface area contributed by atoms with Gasteiger partial charge in [0.25, 0.3) is 0 Å². The predicted molar refractivity (Wildman–Crippen MR) is 89.4 cm³/mol. The second kappa shape index (κ2) is 6.28. The van der Waals surface area contributed by atoms with Gasteiger partial charge in [0, 0.05) is 24.4 Å². The number of nitrogens with one attached hydrogen (secondary N) is 1. The maximum absolute atomic E-state index is 12.4. The fourth-order valence-electron chi connectivity index (χ4n) is 3.93. The Bertz CT molecular complexity index is 735. The van der Waals surface area contributed by atoms with Crippen molar-refractivity contribution in [3.8, 4) is 11.5 Å². The zero-order valence-electron chi connectivity index (χ0n) is 13.4. The van der Waals surface area contributed by atoms with Crippen molar-refractivity contribution in [1.82, 2.24) is 20.3 Å². The molecule has 0 bridgehead atoms. The predicted octanol–water partition coefficient (Wildman–Crippen LogP) is 1.53. The zero-order valence-corrected chi connectivity index (χ0v) is 13.4. The van der Waals surface area contributed by atoms with Gasteiger partial charge < -0.3 is 11.1 Å². The first-order valence-corrected chi connectivity index (χ1v) is 8.47. The average Bonchev–Trinajstić information content (AvgIpc) is 2.98. The van der Waals surface area contributed by atoms with Crippen LogP contribution in [0.5, 0.6) is 0 Å². The largest absolute Gasteiger partial charge is 0.350 e. The van der Waals surface area contributed by atoms with Gasteiger partial charge in [-0.3, -0.25) is 9.78 Å². The van der Waals surface area contributed by atoms with Crippen molar-refractivity contribution in [2.45, 2.75) is 31.8 Å². The molecule has 1 amide bonds. The minimum Gasteiger partial charge on any atom is -0.350 e. The molecule has 124 valence electrons. The van der Waals surface area contributed by atoms with Crippen molar-refractivity contribution in [2.75, 3.05) is 0 Å². The number of rotatable bonds is 4. The minimum absolute atomic E-state index is 0.102. The van der Waals surface area contributed by atoms with Gasteiger partial charge in [-0.05, 0) is 49.3 Å². The van der Waals surface area contributed by atoms with E-state index in [1.165, 1.54) is 0 Å². The Morgan fingerprint density at radius 2 is 2.08 bits per heavy atom. The average molecular weight is 323 g/mol. The Morgan fingerprint density at radius 1 is 1.17 bits per heavy atom. The maximum atomic E-state index is 12.4. The van der Waals surface area contributed by atoms with Crippen LogP contribution in [0, 0.1) is 17.8 Å². The molecule has 2 aromatic rings. The van der Waals surface area contributed by atoms with Gasteiger partial charge in [0.05, 0.1) is 12.2 Å². The standard InChI is InChI=1S/C18H21N5O/c19-15-9-11-7-12(8-14(11)15)18(24)22-10-13-4-6-21-17(23-13)16-3-1-2-5-20-16/h1-6,11-12,14-15H,7-10,19H2,(H,22,24). The second-order valence-corrected chi connectivity index (χ2v) is 6.80. The van der Waals surface area contributed by atoms with Gasteiger partial charge in [0.1, 0.15) is 5.69 Å². The molecule has 3 N–H and O–H groups in total. The molecular weight excluding hydrogens is 302 g/mol. The van der Waals surface area contributed by atoms with Crippen LogP contribution >= 0.6 is 0 Å². The highest BCUT2D eigenvalue weighted by atomic mass is 16.1. The van der Waals surface area contributed by atoms with Crippen LogP contribution in [-0.4, -0.2) is 26.9 Å². The molecule has 0 saturated heterocycles. The van der Waals surface area contributed by atoms with Gasteiger partial charge in [-0.15, -0.1) is 0 Å². The number of carbonyl (C=O) groups is 1. The molecule has 0 aliphatic heterocycles. The lowest BCUT2D eigenvalue weighted by Gasteiger charge is -2.37. The third-order valence-electron chi connectivity index (χ3n) is 5.30. The molecule has 2 aliphatic rings. The zero-order chi connectivity index (χ0) is 16.5. The molecule has 6 nitrogen and oxygen atoms in total. The summed E-state index contributed by atoms with van der Waals surface area (Å²) < 4.78 is 0. The summed E-state index contributed by atoms with van der Waals surface area (Å²) in [6.07, 6.45) is 6.40. The topological polar surface area (TPSA) is 93.8 Å². The monoisotopic (exact) mass is 323 g/mol. The number of aromatic nitrogens is 3. The van der Waals surface area contributed by atoms with Crippen molar-refractivity contribution in [3.05, 3.63) is 42.4 Å². The normalized spacial score (nSPS) is 28.0. The Balaban J connectivity index is 1.37. The molecule has 2 heterocycles. The first kappa shape index (κ1) is 15.2. The molecule has 4 rings (SSSR count). The number of nitrogens with zero attached hydrogens (tertiary/aromatic N) is 3. The molecule has 4 atom stereocenters. The highest BCUT2D eigenvalue weighted by Crippen LogP contribution is 2.48. The highest BCUT2D eigenvalue weighted by molar-refractivity contribution is 5.79. The molecule has 24 heavy (non-hydrogen) atoms. The fourth-order valence-corrected chi connectivity index (χ4v) is 3.93. The van der Waals surface area contributed by atoms with E-state index in [0.29, 0.717) is 30.2 Å². The van der Waals surface area contributed by atoms with Gasteiger partial charge in [-0.1, -0.05) is 6.07 Å². The highest BCUT2D eigenvalue weighted by Gasteiger charge is 2.47. The minimum atomic E-state index is 0.102. The van der Waals surface area contributed by atoms with E-state index >= 15 is 0 Å². The van der Waals surface area contributed by atoms with Crippen molar-refractivity contribution < 1.29 is 4.79 Å². The second-order valence-electron chi connectivity index (χ2n) is 6.80. The first-order valence-electron chi connectivity index (χ1n) is 8.47. The first-order chi connectivity index (χ1) is 11.7.